The summed E-state index contributed by atoms with van der Waals surface area (Å²) in [6.07, 6.45) is 6.62. The number of halogens is 1. The Bertz CT molecular complexity index is 338. The Kier molecular flexibility index (Phi) is 5.95. The van der Waals surface area contributed by atoms with E-state index < -0.39 is 0 Å². The number of nitrogens with zero attached hydrogens (tertiary/aromatic N) is 2. The zero-order chi connectivity index (χ0) is 13.1. The zero-order valence-electron chi connectivity index (χ0n) is 12.6. The molecule has 0 aromatic rings. The Hall–Kier alpha value is -0.0400. The van der Waals surface area contributed by atoms with E-state index in [0.29, 0.717) is 5.41 Å². The number of hydrogen-bond donors (Lipinski definition) is 1. The first kappa shape index (κ1) is 16.3. The molecule has 0 radical (unpaired) electrons. The molecule has 0 aromatic heterocycles. The second-order valence-corrected chi connectivity index (χ2v) is 6.44. The minimum absolute atomic E-state index is 0. The van der Waals surface area contributed by atoms with Crippen LogP contribution in [0.15, 0.2) is 4.99 Å². The summed E-state index contributed by atoms with van der Waals surface area (Å²) in [5, 5.41) is 3.46. The van der Waals surface area contributed by atoms with Crippen molar-refractivity contribution in [2.75, 3.05) is 39.4 Å². The lowest BCUT2D eigenvalue weighted by atomic mass is 9.87. The molecule has 3 aliphatic rings. The largest absolute Gasteiger partial charge is 0.381 e. The highest BCUT2D eigenvalue weighted by Gasteiger charge is 2.42. The highest BCUT2D eigenvalue weighted by atomic mass is 127. The van der Waals surface area contributed by atoms with Crippen LogP contribution in [-0.4, -0.2) is 50.3 Å². The molecule has 3 rings (SSSR count). The summed E-state index contributed by atoms with van der Waals surface area (Å²) in [6.45, 7) is 8.27. The number of ether oxygens (including phenoxy) is 1. The van der Waals surface area contributed by atoms with Gasteiger partial charge in [0.05, 0.1) is 6.61 Å². The third-order valence-corrected chi connectivity index (χ3v) is 4.75. The van der Waals surface area contributed by atoms with Crippen molar-refractivity contribution < 1.29 is 4.74 Å². The lowest BCUT2D eigenvalue weighted by molar-refractivity contribution is 0.156. The monoisotopic (exact) mass is 393 g/mol. The number of likely N-dealkylation sites (tertiary alicyclic amines) is 1. The van der Waals surface area contributed by atoms with Gasteiger partial charge in [0.1, 0.15) is 0 Å². The highest BCUT2D eigenvalue weighted by molar-refractivity contribution is 14.0. The predicted octanol–water partition coefficient (Wildman–Crippen LogP) is 2.48. The minimum atomic E-state index is 0. The first-order valence-electron chi connectivity index (χ1n) is 7.92. The van der Waals surface area contributed by atoms with Crippen molar-refractivity contribution in [2.24, 2.45) is 16.3 Å². The smallest absolute Gasteiger partial charge is 0.193 e. The normalized spacial score (nSPS) is 29.9. The van der Waals surface area contributed by atoms with Crippen molar-refractivity contribution in [3.8, 4) is 0 Å². The fraction of sp³-hybridized carbons (Fsp3) is 0.933. The molecule has 0 amide bonds. The number of hydrogen-bond acceptors (Lipinski definition) is 2. The van der Waals surface area contributed by atoms with Gasteiger partial charge in [-0.05, 0) is 32.1 Å². The van der Waals surface area contributed by atoms with Crippen LogP contribution in [0, 0.1) is 11.3 Å². The van der Waals surface area contributed by atoms with Gasteiger partial charge in [0.15, 0.2) is 5.96 Å². The van der Waals surface area contributed by atoms with Gasteiger partial charge in [0.2, 0.25) is 0 Å². The number of rotatable bonds is 4. The van der Waals surface area contributed by atoms with Gasteiger partial charge in [-0.1, -0.05) is 12.8 Å². The van der Waals surface area contributed by atoms with Gasteiger partial charge in [-0.15, -0.1) is 24.0 Å². The maximum atomic E-state index is 5.60. The van der Waals surface area contributed by atoms with E-state index in [4.69, 9.17) is 9.73 Å². The number of nitrogens with one attached hydrogen (secondary N) is 1. The zero-order valence-corrected chi connectivity index (χ0v) is 14.9. The Morgan fingerprint density at radius 2 is 2.25 bits per heavy atom. The molecular weight excluding hydrogens is 365 g/mol. The Morgan fingerprint density at radius 1 is 1.40 bits per heavy atom. The SMILES string of the molecule is CCNC(=NCCC1CC1)N1CCC2(CCOC2)C1.I. The fourth-order valence-electron chi connectivity index (χ4n) is 3.27. The summed E-state index contributed by atoms with van der Waals surface area (Å²) in [6, 6.07) is 0. The van der Waals surface area contributed by atoms with E-state index in [1.807, 2.05) is 0 Å². The quantitative estimate of drug-likeness (QED) is 0.453. The fourth-order valence-corrected chi connectivity index (χ4v) is 3.27. The van der Waals surface area contributed by atoms with Crippen molar-refractivity contribution in [2.45, 2.75) is 39.0 Å². The molecule has 1 atom stereocenters. The second kappa shape index (κ2) is 7.29. The van der Waals surface area contributed by atoms with Crippen LogP contribution in [-0.2, 0) is 4.74 Å². The van der Waals surface area contributed by atoms with Gasteiger partial charge in [-0.25, -0.2) is 0 Å². The Balaban J connectivity index is 0.00000147. The van der Waals surface area contributed by atoms with Gasteiger partial charge >= 0.3 is 0 Å². The van der Waals surface area contributed by atoms with E-state index in [0.717, 1.165) is 51.3 Å². The summed E-state index contributed by atoms with van der Waals surface area (Å²) < 4.78 is 5.60. The molecule has 0 aromatic carbocycles. The molecule has 1 saturated carbocycles. The molecule has 0 bridgehead atoms. The predicted molar refractivity (Wildman–Crippen MR) is 92.8 cm³/mol. The number of guanidine groups is 1. The van der Waals surface area contributed by atoms with Crippen LogP contribution in [0.2, 0.25) is 0 Å². The maximum Gasteiger partial charge on any atom is 0.193 e. The summed E-state index contributed by atoms with van der Waals surface area (Å²) in [4.78, 5) is 7.27. The van der Waals surface area contributed by atoms with E-state index in [1.165, 1.54) is 32.1 Å². The summed E-state index contributed by atoms with van der Waals surface area (Å²) >= 11 is 0. The first-order valence-corrected chi connectivity index (χ1v) is 7.92. The van der Waals surface area contributed by atoms with Crippen LogP contribution in [0.1, 0.15) is 39.0 Å². The van der Waals surface area contributed by atoms with E-state index >= 15 is 0 Å². The lowest BCUT2D eigenvalue weighted by Crippen LogP contribution is -2.41. The van der Waals surface area contributed by atoms with Crippen molar-refractivity contribution in [1.82, 2.24) is 10.2 Å². The van der Waals surface area contributed by atoms with Crippen LogP contribution in [0.4, 0.5) is 0 Å². The second-order valence-electron chi connectivity index (χ2n) is 6.44. The van der Waals surface area contributed by atoms with Gasteiger partial charge in [-0.2, -0.15) is 0 Å². The third kappa shape index (κ3) is 4.00. The Morgan fingerprint density at radius 3 is 2.90 bits per heavy atom. The highest BCUT2D eigenvalue weighted by Crippen LogP contribution is 2.38. The van der Waals surface area contributed by atoms with Crippen LogP contribution in [0.25, 0.3) is 0 Å². The van der Waals surface area contributed by atoms with Crippen molar-refractivity contribution in [3.63, 3.8) is 0 Å². The molecule has 1 N–H and O–H groups in total. The summed E-state index contributed by atoms with van der Waals surface area (Å²) in [7, 11) is 0. The average molecular weight is 393 g/mol. The van der Waals surface area contributed by atoms with Gasteiger partial charge < -0.3 is 15.0 Å². The van der Waals surface area contributed by atoms with E-state index in [9.17, 15) is 0 Å². The van der Waals surface area contributed by atoms with E-state index in [-0.39, 0.29) is 24.0 Å². The molecule has 1 aliphatic carbocycles. The van der Waals surface area contributed by atoms with E-state index in [2.05, 4.69) is 17.1 Å². The van der Waals surface area contributed by atoms with Crippen LogP contribution >= 0.6 is 24.0 Å². The molecule has 2 heterocycles. The molecule has 1 spiro atoms. The average Bonchev–Trinajstić information content (AvgIpc) is 2.98. The van der Waals surface area contributed by atoms with Crippen molar-refractivity contribution >= 4 is 29.9 Å². The van der Waals surface area contributed by atoms with Gasteiger partial charge in [0, 0.05) is 38.2 Å². The van der Waals surface area contributed by atoms with Crippen LogP contribution < -0.4 is 5.32 Å². The van der Waals surface area contributed by atoms with Gasteiger partial charge in [-0.3, -0.25) is 4.99 Å². The van der Waals surface area contributed by atoms with Gasteiger partial charge in [0.25, 0.3) is 0 Å². The van der Waals surface area contributed by atoms with Crippen molar-refractivity contribution in [3.05, 3.63) is 0 Å². The summed E-state index contributed by atoms with van der Waals surface area (Å²) in [5.74, 6) is 2.10. The van der Waals surface area contributed by atoms with Crippen LogP contribution in [0.3, 0.4) is 0 Å². The minimum Gasteiger partial charge on any atom is -0.381 e. The molecule has 2 saturated heterocycles. The Labute approximate surface area is 139 Å². The molecule has 20 heavy (non-hydrogen) atoms. The molecule has 1 unspecified atom stereocenters. The molecule has 4 nitrogen and oxygen atoms in total. The molecule has 2 aliphatic heterocycles. The first-order chi connectivity index (χ1) is 9.31. The third-order valence-electron chi connectivity index (χ3n) is 4.75. The number of aliphatic imine (C=N–C) groups is 1. The molecule has 5 heteroatoms. The molecule has 116 valence electrons. The summed E-state index contributed by atoms with van der Waals surface area (Å²) in [5.41, 5.74) is 0.423. The molecular formula is C15H28IN3O. The van der Waals surface area contributed by atoms with Crippen LogP contribution in [0.5, 0.6) is 0 Å². The molecule has 3 fully saturated rings. The maximum absolute atomic E-state index is 5.60. The topological polar surface area (TPSA) is 36.9 Å². The standard InChI is InChI=1S/C15H27N3O.HI/c1-2-16-14(17-8-5-13-3-4-13)18-9-6-15(11-18)7-10-19-12-15;/h13H,2-12H2,1H3,(H,16,17);1H. The van der Waals surface area contributed by atoms with Crippen molar-refractivity contribution in [1.29, 1.82) is 0 Å². The lowest BCUT2D eigenvalue weighted by Gasteiger charge is -2.25. The van der Waals surface area contributed by atoms with E-state index in [1.54, 1.807) is 0 Å².